The summed E-state index contributed by atoms with van der Waals surface area (Å²) in [6, 6.07) is 7.19. The molecule has 2 rings (SSSR count). The standard InChI is InChI=1S/C13H9ClIN3O3/c1-7-11(15)4-5-12(16-7)17-13(19)9-3-2-8(18(20)21)6-10(9)14/h2-6H,1H3,(H,16,17,19). The Labute approximate surface area is 138 Å². The topological polar surface area (TPSA) is 85.1 Å². The minimum Gasteiger partial charge on any atom is -0.307 e. The SMILES string of the molecule is Cc1nc(NC(=O)c2ccc([N+](=O)[O-])cc2Cl)ccc1I. The predicted molar refractivity (Wildman–Crippen MR) is 87.8 cm³/mol. The highest BCUT2D eigenvalue weighted by Crippen LogP contribution is 2.23. The summed E-state index contributed by atoms with van der Waals surface area (Å²) in [5.41, 5.74) is 0.781. The smallest absolute Gasteiger partial charge is 0.270 e. The molecular formula is C13H9ClIN3O3. The Morgan fingerprint density at radius 2 is 2.10 bits per heavy atom. The van der Waals surface area contributed by atoms with Gasteiger partial charge >= 0.3 is 0 Å². The quantitative estimate of drug-likeness (QED) is 0.467. The first-order valence-corrected chi connectivity index (χ1v) is 7.22. The molecule has 1 aromatic carbocycles. The fourth-order valence-corrected chi connectivity index (χ4v) is 2.16. The van der Waals surface area contributed by atoms with Gasteiger partial charge in [0, 0.05) is 15.7 Å². The van der Waals surface area contributed by atoms with Crippen molar-refractivity contribution in [2.24, 2.45) is 0 Å². The second-order valence-electron chi connectivity index (χ2n) is 4.14. The third-order valence-corrected chi connectivity index (χ3v) is 4.12. The van der Waals surface area contributed by atoms with Gasteiger partial charge in [-0.2, -0.15) is 0 Å². The van der Waals surface area contributed by atoms with Crippen LogP contribution >= 0.6 is 34.2 Å². The van der Waals surface area contributed by atoms with Gasteiger partial charge < -0.3 is 5.32 Å². The number of hydrogen-bond acceptors (Lipinski definition) is 4. The maximum Gasteiger partial charge on any atom is 0.270 e. The minimum atomic E-state index is -0.572. The van der Waals surface area contributed by atoms with E-state index in [-0.39, 0.29) is 16.3 Å². The molecule has 0 unspecified atom stereocenters. The lowest BCUT2D eigenvalue weighted by atomic mass is 10.2. The molecule has 1 amide bonds. The van der Waals surface area contributed by atoms with Crippen LogP contribution in [0.1, 0.15) is 16.1 Å². The second kappa shape index (κ2) is 6.35. The molecule has 8 heteroatoms. The second-order valence-corrected chi connectivity index (χ2v) is 5.71. The first-order chi connectivity index (χ1) is 9.88. The van der Waals surface area contributed by atoms with Crippen LogP contribution < -0.4 is 5.32 Å². The number of aryl methyl sites for hydroxylation is 1. The van der Waals surface area contributed by atoms with Crippen molar-refractivity contribution in [3.05, 3.63) is 60.3 Å². The molecule has 0 fully saturated rings. The van der Waals surface area contributed by atoms with Gasteiger partial charge in [0.05, 0.1) is 21.2 Å². The molecule has 6 nitrogen and oxygen atoms in total. The number of anilines is 1. The highest BCUT2D eigenvalue weighted by molar-refractivity contribution is 14.1. The van der Waals surface area contributed by atoms with Crippen molar-refractivity contribution < 1.29 is 9.72 Å². The molecule has 108 valence electrons. The Bertz CT molecular complexity index is 737. The number of nitro benzene ring substituents is 1. The van der Waals surface area contributed by atoms with E-state index >= 15 is 0 Å². The number of benzene rings is 1. The van der Waals surface area contributed by atoms with E-state index in [2.05, 4.69) is 32.9 Å². The summed E-state index contributed by atoms with van der Waals surface area (Å²) in [7, 11) is 0. The van der Waals surface area contributed by atoms with E-state index in [4.69, 9.17) is 11.6 Å². The Hall–Kier alpha value is -1.74. The van der Waals surface area contributed by atoms with Gasteiger partial charge in [-0.25, -0.2) is 4.98 Å². The Morgan fingerprint density at radius 3 is 2.67 bits per heavy atom. The number of aromatic nitrogens is 1. The van der Waals surface area contributed by atoms with Crippen LogP contribution in [0.5, 0.6) is 0 Å². The highest BCUT2D eigenvalue weighted by Gasteiger charge is 2.15. The van der Waals surface area contributed by atoms with E-state index < -0.39 is 10.8 Å². The number of hydrogen-bond donors (Lipinski definition) is 1. The number of amides is 1. The summed E-state index contributed by atoms with van der Waals surface area (Å²) < 4.78 is 0.985. The van der Waals surface area contributed by atoms with E-state index in [1.165, 1.54) is 12.1 Å². The lowest BCUT2D eigenvalue weighted by Crippen LogP contribution is -2.14. The first-order valence-electron chi connectivity index (χ1n) is 5.77. The average molecular weight is 418 g/mol. The number of non-ortho nitro benzene ring substituents is 1. The minimum absolute atomic E-state index is 0.0175. The van der Waals surface area contributed by atoms with Crippen LogP contribution in [0.4, 0.5) is 11.5 Å². The largest absolute Gasteiger partial charge is 0.307 e. The van der Waals surface area contributed by atoms with Gasteiger partial charge in [0.15, 0.2) is 0 Å². The van der Waals surface area contributed by atoms with Gasteiger partial charge in [0.1, 0.15) is 5.82 Å². The van der Waals surface area contributed by atoms with E-state index in [9.17, 15) is 14.9 Å². The summed E-state index contributed by atoms with van der Waals surface area (Å²) in [4.78, 5) is 26.4. The van der Waals surface area contributed by atoms with E-state index in [1.807, 2.05) is 13.0 Å². The van der Waals surface area contributed by atoms with Crippen molar-refractivity contribution in [2.75, 3.05) is 5.32 Å². The van der Waals surface area contributed by atoms with Crippen LogP contribution in [-0.4, -0.2) is 15.8 Å². The summed E-state index contributed by atoms with van der Waals surface area (Å²) >= 11 is 8.05. The molecule has 1 N–H and O–H groups in total. The molecule has 21 heavy (non-hydrogen) atoms. The van der Waals surface area contributed by atoms with Crippen LogP contribution in [0.25, 0.3) is 0 Å². The molecule has 0 saturated heterocycles. The predicted octanol–water partition coefficient (Wildman–Crippen LogP) is 3.81. The normalized spacial score (nSPS) is 10.2. The monoisotopic (exact) mass is 417 g/mol. The Balaban J connectivity index is 2.24. The number of nitrogens with zero attached hydrogens (tertiary/aromatic N) is 2. The van der Waals surface area contributed by atoms with E-state index in [0.717, 1.165) is 15.3 Å². The zero-order valence-electron chi connectivity index (χ0n) is 10.8. The highest BCUT2D eigenvalue weighted by atomic mass is 127. The molecule has 1 aromatic heterocycles. The molecular weight excluding hydrogens is 409 g/mol. The van der Waals surface area contributed by atoms with Gasteiger partial charge in [-0.15, -0.1) is 0 Å². The van der Waals surface area contributed by atoms with E-state index in [0.29, 0.717) is 5.82 Å². The zero-order chi connectivity index (χ0) is 15.6. The number of carbonyl (C=O) groups excluding carboxylic acids is 1. The fourth-order valence-electron chi connectivity index (χ4n) is 1.60. The molecule has 0 aliphatic heterocycles. The third-order valence-electron chi connectivity index (χ3n) is 2.67. The third kappa shape index (κ3) is 3.67. The summed E-state index contributed by atoms with van der Waals surface area (Å²) in [5.74, 6) is -0.0738. The first kappa shape index (κ1) is 15.6. The van der Waals surface area contributed by atoms with Gasteiger partial charge in [0.25, 0.3) is 11.6 Å². The van der Waals surface area contributed by atoms with E-state index in [1.54, 1.807) is 6.07 Å². The van der Waals surface area contributed by atoms with Crippen molar-refractivity contribution in [3.63, 3.8) is 0 Å². The van der Waals surface area contributed by atoms with Gasteiger partial charge in [-0.3, -0.25) is 14.9 Å². The molecule has 0 atom stereocenters. The zero-order valence-corrected chi connectivity index (χ0v) is 13.7. The molecule has 1 heterocycles. The van der Waals surface area contributed by atoms with Crippen LogP contribution in [0, 0.1) is 20.6 Å². The molecule has 0 spiro atoms. The number of rotatable bonds is 3. The fraction of sp³-hybridized carbons (Fsp3) is 0.0769. The molecule has 0 saturated carbocycles. The maximum atomic E-state index is 12.1. The van der Waals surface area contributed by atoms with Crippen LogP contribution in [0.15, 0.2) is 30.3 Å². The number of nitro groups is 1. The van der Waals surface area contributed by atoms with Crippen molar-refractivity contribution >= 4 is 51.6 Å². The van der Waals surface area contributed by atoms with Crippen molar-refractivity contribution in [2.45, 2.75) is 6.92 Å². The van der Waals surface area contributed by atoms with Crippen LogP contribution in [-0.2, 0) is 0 Å². The van der Waals surface area contributed by atoms with Crippen LogP contribution in [0.2, 0.25) is 5.02 Å². The molecule has 0 aliphatic rings. The molecule has 2 aromatic rings. The Kier molecular flexibility index (Phi) is 4.73. The summed E-state index contributed by atoms with van der Waals surface area (Å²) in [5, 5.41) is 13.3. The maximum absolute atomic E-state index is 12.1. The van der Waals surface area contributed by atoms with Gasteiger partial charge in [-0.05, 0) is 47.7 Å². The van der Waals surface area contributed by atoms with Crippen molar-refractivity contribution in [1.29, 1.82) is 0 Å². The van der Waals surface area contributed by atoms with Crippen LogP contribution in [0.3, 0.4) is 0 Å². The number of nitrogens with one attached hydrogen (secondary N) is 1. The van der Waals surface area contributed by atoms with Crippen molar-refractivity contribution in [3.8, 4) is 0 Å². The van der Waals surface area contributed by atoms with Crippen molar-refractivity contribution in [1.82, 2.24) is 4.98 Å². The summed E-state index contributed by atoms with van der Waals surface area (Å²) in [6.07, 6.45) is 0. The van der Waals surface area contributed by atoms with Gasteiger partial charge in [-0.1, -0.05) is 11.6 Å². The molecule has 0 aliphatic carbocycles. The number of pyridine rings is 1. The molecule has 0 radical (unpaired) electrons. The summed E-state index contributed by atoms with van der Waals surface area (Å²) in [6.45, 7) is 1.83. The Morgan fingerprint density at radius 1 is 1.38 bits per heavy atom. The number of carbonyl (C=O) groups is 1. The van der Waals surface area contributed by atoms with Gasteiger partial charge in [0.2, 0.25) is 0 Å². The number of halogens is 2. The lowest BCUT2D eigenvalue weighted by molar-refractivity contribution is -0.384. The molecule has 0 bridgehead atoms. The average Bonchev–Trinajstić information content (AvgIpc) is 2.42. The lowest BCUT2D eigenvalue weighted by Gasteiger charge is -2.07.